The first kappa shape index (κ1) is 29.3. The Labute approximate surface area is 250 Å². The van der Waals surface area contributed by atoms with Gasteiger partial charge in [0, 0.05) is 51.4 Å². The lowest BCUT2D eigenvalue weighted by Gasteiger charge is -2.36. The summed E-state index contributed by atoms with van der Waals surface area (Å²) in [5, 5.41) is 5.45. The molecule has 3 aliphatic rings. The predicted octanol–water partition coefficient (Wildman–Crippen LogP) is 3.44. The fourth-order valence-corrected chi connectivity index (χ4v) is 5.79. The van der Waals surface area contributed by atoms with E-state index >= 15 is 0 Å². The normalized spacial score (nSPS) is 19.3. The third-order valence-corrected chi connectivity index (χ3v) is 8.16. The first-order chi connectivity index (χ1) is 21.1. The van der Waals surface area contributed by atoms with Gasteiger partial charge in [-0.1, -0.05) is 30.3 Å². The molecule has 0 spiro atoms. The number of halogens is 3. The molecule has 228 valence electrons. The molecule has 3 aliphatic heterocycles. The molecular formula is C31H29F3N6O4. The van der Waals surface area contributed by atoms with Crippen LogP contribution in [0, 0.1) is 0 Å². The lowest BCUT2D eigenvalue weighted by molar-refractivity contribution is -0.141. The van der Waals surface area contributed by atoms with Crippen LogP contribution in [0.5, 0.6) is 0 Å². The molecule has 2 N–H and O–H groups in total. The van der Waals surface area contributed by atoms with E-state index in [0.717, 1.165) is 41.7 Å². The smallest absolute Gasteiger partial charge is 0.380 e. The number of rotatable bonds is 7. The Morgan fingerprint density at radius 3 is 2.27 bits per heavy atom. The van der Waals surface area contributed by atoms with E-state index in [2.05, 4.69) is 20.5 Å². The minimum absolute atomic E-state index is 0.0571. The van der Waals surface area contributed by atoms with Crippen LogP contribution in [0.3, 0.4) is 0 Å². The number of anilines is 2. The summed E-state index contributed by atoms with van der Waals surface area (Å²) >= 11 is 0. The standard InChI is InChI=1S/C31H29F3N6O4/c32-31(33,34)25-10-8-21(17-36-25)39-14-12-38(13-15-39)18-20-6-4-19(5-7-20)16-35-23-3-1-2-22-27(23)30(44)40(29(22)43)24-9-11-26(41)37-28(24)42/h1-8,10,17,24,35H,9,11-16,18H2,(H,37,41,42). The van der Waals surface area contributed by atoms with Gasteiger partial charge in [-0.25, -0.2) is 4.98 Å². The van der Waals surface area contributed by atoms with Gasteiger partial charge >= 0.3 is 6.18 Å². The van der Waals surface area contributed by atoms with Gasteiger partial charge in [-0.2, -0.15) is 13.2 Å². The second-order valence-electron chi connectivity index (χ2n) is 11.0. The third kappa shape index (κ3) is 5.87. The molecule has 0 aliphatic carbocycles. The summed E-state index contributed by atoms with van der Waals surface area (Å²) < 4.78 is 38.4. The average Bonchev–Trinajstić information content (AvgIpc) is 3.26. The largest absolute Gasteiger partial charge is 0.433 e. The lowest BCUT2D eigenvalue weighted by Crippen LogP contribution is -2.54. The van der Waals surface area contributed by atoms with Gasteiger partial charge in [-0.3, -0.25) is 34.3 Å². The van der Waals surface area contributed by atoms with Crippen LogP contribution >= 0.6 is 0 Å². The van der Waals surface area contributed by atoms with Crippen molar-refractivity contribution in [3.63, 3.8) is 0 Å². The highest BCUT2D eigenvalue weighted by molar-refractivity contribution is 6.25. The summed E-state index contributed by atoms with van der Waals surface area (Å²) in [6.07, 6.45) is -3.03. The van der Waals surface area contributed by atoms with Gasteiger partial charge in [0.05, 0.1) is 23.0 Å². The quantitative estimate of drug-likeness (QED) is 0.394. The van der Waals surface area contributed by atoms with Gasteiger partial charge < -0.3 is 10.2 Å². The fourth-order valence-electron chi connectivity index (χ4n) is 5.79. The van der Waals surface area contributed by atoms with Crippen molar-refractivity contribution >= 4 is 35.0 Å². The molecule has 6 rings (SSSR count). The maximum Gasteiger partial charge on any atom is 0.433 e. The Morgan fingerprint density at radius 2 is 1.61 bits per heavy atom. The van der Waals surface area contributed by atoms with Crippen molar-refractivity contribution in [2.45, 2.75) is 38.1 Å². The molecule has 1 unspecified atom stereocenters. The van der Waals surface area contributed by atoms with Crippen LogP contribution < -0.4 is 15.5 Å². The minimum atomic E-state index is -4.45. The summed E-state index contributed by atoms with van der Waals surface area (Å²) in [5.74, 6) is -2.19. The molecule has 2 saturated heterocycles. The van der Waals surface area contributed by atoms with Crippen LogP contribution in [-0.2, 0) is 28.9 Å². The number of amides is 4. The molecule has 1 atom stereocenters. The topological polar surface area (TPSA) is 115 Å². The summed E-state index contributed by atoms with van der Waals surface area (Å²) in [7, 11) is 0. The van der Waals surface area contributed by atoms with E-state index in [0.29, 0.717) is 31.0 Å². The second kappa shape index (κ2) is 11.7. The Balaban J connectivity index is 1.03. The number of imide groups is 2. The molecule has 3 aromatic rings. The number of fused-ring (bicyclic) bond motifs is 1. The van der Waals surface area contributed by atoms with Gasteiger partial charge in [0.2, 0.25) is 11.8 Å². The molecule has 4 amide bonds. The van der Waals surface area contributed by atoms with Crippen LogP contribution in [0.4, 0.5) is 24.5 Å². The van der Waals surface area contributed by atoms with E-state index in [1.807, 2.05) is 29.2 Å². The van der Waals surface area contributed by atoms with Gasteiger partial charge in [0.1, 0.15) is 11.7 Å². The van der Waals surface area contributed by atoms with Gasteiger partial charge in [-0.15, -0.1) is 0 Å². The van der Waals surface area contributed by atoms with Crippen molar-refractivity contribution < 1.29 is 32.3 Å². The number of benzene rings is 2. The molecule has 0 saturated carbocycles. The number of piperazine rings is 1. The summed E-state index contributed by atoms with van der Waals surface area (Å²) in [5.41, 5.74) is 2.77. The molecule has 13 heteroatoms. The zero-order valence-electron chi connectivity index (χ0n) is 23.6. The number of carbonyl (C=O) groups excluding carboxylic acids is 4. The monoisotopic (exact) mass is 606 g/mol. The third-order valence-electron chi connectivity index (χ3n) is 8.16. The molecule has 10 nitrogen and oxygen atoms in total. The second-order valence-corrected chi connectivity index (χ2v) is 11.0. The fraction of sp³-hybridized carbons (Fsp3) is 0.323. The van der Waals surface area contributed by atoms with Gasteiger partial charge in [0.15, 0.2) is 0 Å². The number of hydrogen-bond acceptors (Lipinski definition) is 8. The molecule has 44 heavy (non-hydrogen) atoms. The maximum absolute atomic E-state index is 13.3. The van der Waals surface area contributed by atoms with Crippen LogP contribution in [0.15, 0.2) is 60.8 Å². The lowest BCUT2D eigenvalue weighted by atomic mass is 10.0. The van der Waals surface area contributed by atoms with E-state index in [9.17, 15) is 32.3 Å². The van der Waals surface area contributed by atoms with Gasteiger partial charge in [0.25, 0.3) is 11.8 Å². The first-order valence-electron chi connectivity index (χ1n) is 14.3. The van der Waals surface area contributed by atoms with Crippen LogP contribution in [-0.4, -0.2) is 70.6 Å². The highest BCUT2D eigenvalue weighted by atomic mass is 19.4. The van der Waals surface area contributed by atoms with Crippen molar-refractivity contribution in [3.8, 4) is 0 Å². The SMILES string of the molecule is O=C1CCC(N2C(=O)c3cccc(NCc4ccc(CN5CCN(c6ccc(C(F)(F)F)nc6)CC5)cc4)c3C2=O)C(=O)N1. The van der Waals surface area contributed by atoms with Crippen molar-refractivity contribution in [1.82, 2.24) is 20.1 Å². The number of carbonyl (C=O) groups is 4. The van der Waals surface area contributed by atoms with Gasteiger partial charge in [-0.05, 0) is 41.8 Å². The van der Waals surface area contributed by atoms with E-state index < -0.39 is 41.5 Å². The van der Waals surface area contributed by atoms with Crippen molar-refractivity contribution in [1.29, 1.82) is 0 Å². The Kier molecular flexibility index (Phi) is 7.80. The molecular weight excluding hydrogens is 577 g/mol. The number of piperidine rings is 1. The molecule has 0 bridgehead atoms. The molecule has 0 radical (unpaired) electrons. The highest BCUT2D eigenvalue weighted by Crippen LogP contribution is 2.33. The number of pyridine rings is 1. The van der Waals surface area contributed by atoms with Crippen LogP contribution in [0.2, 0.25) is 0 Å². The summed E-state index contributed by atoms with van der Waals surface area (Å²) in [6, 6.07) is 14.4. The Hall–Kier alpha value is -4.78. The van der Waals surface area contributed by atoms with E-state index in [1.165, 1.54) is 12.3 Å². The minimum Gasteiger partial charge on any atom is -0.380 e. The zero-order valence-corrected chi connectivity index (χ0v) is 23.6. The van der Waals surface area contributed by atoms with E-state index in [1.54, 1.807) is 18.2 Å². The number of nitrogens with zero attached hydrogens (tertiary/aromatic N) is 4. The van der Waals surface area contributed by atoms with E-state index in [-0.39, 0.29) is 24.0 Å². The maximum atomic E-state index is 13.3. The zero-order chi connectivity index (χ0) is 31.0. The highest BCUT2D eigenvalue weighted by Gasteiger charge is 2.45. The van der Waals surface area contributed by atoms with Crippen LogP contribution in [0.25, 0.3) is 0 Å². The van der Waals surface area contributed by atoms with Crippen molar-refractivity contribution in [3.05, 3.63) is 88.7 Å². The first-order valence-corrected chi connectivity index (χ1v) is 14.3. The molecule has 1 aromatic heterocycles. The molecule has 2 aromatic carbocycles. The predicted molar refractivity (Wildman–Crippen MR) is 154 cm³/mol. The number of alkyl halides is 3. The van der Waals surface area contributed by atoms with E-state index in [4.69, 9.17) is 0 Å². The average molecular weight is 607 g/mol. The van der Waals surface area contributed by atoms with Crippen molar-refractivity contribution in [2.24, 2.45) is 0 Å². The Morgan fingerprint density at radius 1 is 0.886 bits per heavy atom. The number of hydrogen-bond donors (Lipinski definition) is 2. The number of aromatic nitrogens is 1. The number of nitrogens with one attached hydrogen (secondary N) is 2. The summed E-state index contributed by atoms with van der Waals surface area (Å²) in [4.78, 5) is 59.1. The Bertz CT molecular complexity index is 1600. The molecule has 4 heterocycles. The van der Waals surface area contributed by atoms with Crippen LogP contribution in [0.1, 0.15) is 50.4 Å². The summed E-state index contributed by atoms with van der Waals surface area (Å²) in [6.45, 7) is 4.00. The van der Waals surface area contributed by atoms with Crippen molar-refractivity contribution in [2.75, 3.05) is 36.4 Å². The molecule has 2 fully saturated rings.